The first kappa shape index (κ1) is 21.6. The van der Waals surface area contributed by atoms with E-state index in [1.54, 1.807) is 11.8 Å². The fourth-order valence-corrected chi connectivity index (χ4v) is 3.39. The molecule has 3 amide bonds. The fraction of sp³-hybridized carbons (Fsp3) is 0.526. The van der Waals surface area contributed by atoms with Crippen LogP contribution < -0.4 is 10.6 Å². The quantitative estimate of drug-likeness (QED) is 0.687. The molecule has 0 aromatic heterocycles. The Bertz CT molecular complexity index is 751. The van der Waals surface area contributed by atoms with Crippen LogP contribution in [0, 0.1) is 17.6 Å². The third-order valence-corrected chi connectivity index (χ3v) is 4.92. The monoisotopic (exact) mass is 397 g/mol. The minimum Gasteiger partial charge on any atom is -0.481 e. The minimum absolute atomic E-state index is 0.0602. The van der Waals surface area contributed by atoms with Gasteiger partial charge >= 0.3 is 12.0 Å². The maximum absolute atomic E-state index is 13.3. The molecule has 9 heteroatoms. The Morgan fingerprint density at radius 2 is 1.86 bits per heavy atom. The van der Waals surface area contributed by atoms with Crippen molar-refractivity contribution in [3.8, 4) is 0 Å². The topological polar surface area (TPSA) is 98.7 Å². The van der Waals surface area contributed by atoms with Gasteiger partial charge < -0.3 is 20.6 Å². The van der Waals surface area contributed by atoms with Gasteiger partial charge in [0.25, 0.3) is 0 Å². The summed E-state index contributed by atoms with van der Waals surface area (Å²) >= 11 is 0. The number of rotatable bonds is 6. The van der Waals surface area contributed by atoms with Crippen LogP contribution in [-0.2, 0) is 9.59 Å². The molecule has 154 valence electrons. The van der Waals surface area contributed by atoms with Crippen molar-refractivity contribution in [1.29, 1.82) is 0 Å². The van der Waals surface area contributed by atoms with Crippen LogP contribution in [0.4, 0.5) is 19.3 Å². The van der Waals surface area contributed by atoms with Crippen molar-refractivity contribution in [2.24, 2.45) is 5.92 Å². The number of hydrogen-bond acceptors (Lipinski definition) is 3. The molecule has 1 aliphatic heterocycles. The molecule has 0 aliphatic carbocycles. The average Bonchev–Trinajstić information content (AvgIpc) is 2.64. The van der Waals surface area contributed by atoms with Crippen LogP contribution in [-0.4, -0.2) is 46.5 Å². The van der Waals surface area contributed by atoms with E-state index < -0.39 is 35.1 Å². The summed E-state index contributed by atoms with van der Waals surface area (Å²) < 4.78 is 26.3. The summed E-state index contributed by atoms with van der Waals surface area (Å²) in [5.74, 6) is -3.74. The highest BCUT2D eigenvalue weighted by atomic mass is 19.2. The minimum atomic E-state index is -1.20. The smallest absolute Gasteiger partial charge is 0.320 e. The van der Waals surface area contributed by atoms with Crippen LogP contribution in [0.15, 0.2) is 18.2 Å². The molecule has 1 saturated heterocycles. The van der Waals surface area contributed by atoms with Gasteiger partial charge in [-0.3, -0.25) is 9.59 Å². The van der Waals surface area contributed by atoms with E-state index in [-0.39, 0.29) is 11.6 Å². The molecule has 1 heterocycles. The zero-order valence-electron chi connectivity index (χ0n) is 15.9. The van der Waals surface area contributed by atoms with Gasteiger partial charge in [0.1, 0.15) is 5.54 Å². The zero-order chi connectivity index (χ0) is 20.9. The first-order valence-corrected chi connectivity index (χ1v) is 9.22. The summed E-state index contributed by atoms with van der Waals surface area (Å²) in [4.78, 5) is 38.0. The Morgan fingerprint density at radius 1 is 1.21 bits per heavy atom. The summed E-state index contributed by atoms with van der Waals surface area (Å²) in [6.45, 7) is 4.09. The molecule has 7 nitrogen and oxygen atoms in total. The SMILES string of the molecule is CCCC(C)(NC(=O)Nc1ccc(F)c(F)c1)C(=O)N1CCC(C(=O)O)CC1. The summed E-state index contributed by atoms with van der Waals surface area (Å²) in [5.41, 5.74) is -1.14. The molecule has 1 unspecified atom stereocenters. The average molecular weight is 397 g/mol. The number of anilines is 1. The number of urea groups is 1. The lowest BCUT2D eigenvalue weighted by Gasteiger charge is -2.38. The first-order valence-electron chi connectivity index (χ1n) is 9.22. The number of hydrogen-bond donors (Lipinski definition) is 3. The van der Waals surface area contributed by atoms with Crippen LogP contribution in [0.25, 0.3) is 0 Å². The lowest BCUT2D eigenvalue weighted by Crippen LogP contribution is -2.59. The van der Waals surface area contributed by atoms with Gasteiger partial charge in [-0.2, -0.15) is 0 Å². The van der Waals surface area contributed by atoms with Gasteiger partial charge in [0.2, 0.25) is 5.91 Å². The molecule has 0 spiro atoms. The Labute approximate surface area is 162 Å². The van der Waals surface area contributed by atoms with Crippen molar-refractivity contribution in [3.05, 3.63) is 29.8 Å². The summed E-state index contributed by atoms with van der Waals surface area (Å²) in [6.07, 6.45) is 1.73. The number of likely N-dealkylation sites (tertiary alicyclic amines) is 1. The van der Waals surface area contributed by atoms with E-state index in [9.17, 15) is 23.2 Å². The molecule has 0 radical (unpaired) electrons. The second-order valence-corrected chi connectivity index (χ2v) is 7.19. The molecule has 28 heavy (non-hydrogen) atoms. The molecule has 0 saturated carbocycles. The van der Waals surface area contributed by atoms with Crippen LogP contribution in [0.3, 0.4) is 0 Å². The van der Waals surface area contributed by atoms with E-state index >= 15 is 0 Å². The second kappa shape index (κ2) is 8.99. The number of piperidine rings is 1. The highest BCUT2D eigenvalue weighted by Gasteiger charge is 2.39. The van der Waals surface area contributed by atoms with Gasteiger partial charge in [-0.25, -0.2) is 13.6 Å². The zero-order valence-corrected chi connectivity index (χ0v) is 15.9. The molecule has 1 fully saturated rings. The number of carbonyl (C=O) groups is 3. The molecule has 1 aromatic rings. The van der Waals surface area contributed by atoms with Crippen LogP contribution in [0.5, 0.6) is 0 Å². The standard InChI is InChI=1S/C19H25F2N3O4/c1-3-8-19(2,17(27)24-9-6-12(7-10-24)16(25)26)23-18(28)22-13-4-5-14(20)15(21)11-13/h4-5,11-12H,3,6-10H2,1-2H3,(H,25,26)(H2,22,23,28). The van der Waals surface area contributed by atoms with Crippen molar-refractivity contribution < 1.29 is 28.3 Å². The number of amides is 3. The van der Waals surface area contributed by atoms with E-state index in [0.29, 0.717) is 38.8 Å². The number of carbonyl (C=O) groups excluding carboxylic acids is 2. The Balaban J connectivity index is 2.05. The predicted molar refractivity (Wildman–Crippen MR) is 98.8 cm³/mol. The normalized spacial score (nSPS) is 16.9. The van der Waals surface area contributed by atoms with Gasteiger partial charge in [0, 0.05) is 24.8 Å². The number of nitrogens with zero attached hydrogens (tertiary/aromatic N) is 1. The maximum Gasteiger partial charge on any atom is 0.320 e. The maximum atomic E-state index is 13.3. The van der Waals surface area contributed by atoms with Crippen molar-refractivity contribution in [2.45, 2.75) is 45.1 Å². The summed E-state index contributed by atoms with van der Waals surface area (Å²) in [5, 5.41) is 14.1. The highest BCUT2D eigenvalue weighted by molar-refractivity contribution is 5.95. The van der Waals surface area contributed by atoms with E-state index in [4.69, 9.17) is 5.11 Å². The fourth-order valence-electron chi connectivity index (χ4n) is 3.39. The van der Waals surface area contributed by atoms with Crippen LogP contribution in [0.2, 0.25) is 0 Å². The van der Waals surface area contributed by atoms with Crippen molar-refractivity contribution in [1.82, 2.24) is 10.2 Å². The van der Waals surface area contributed by atoms with Crippen LogP contribution in [0.1, 0.15) is 39.5 Å². The van der Waals surface area contributed by atoms with E-state index in [0.717, 1.165) is 12.1 Å². The van der Waals surface area contributed by atoms with Gasteiger partial charge in [-0.1, -0.05) is 13.3 Å². The predicted octanol–water partition coefficient (Wildman–Crippen LogP) is 2.97. The Kier molecular flexibility index (Phi) is 6.93. The molecule has 1 aliphatic rings. The molecule has 0 bridgehead atoms. The third kappa shape index (κ3) is 5.17. The van der Waals surface area contributed by atoms with Gasteiger partial charge in [0.05, 0.1) is 5.92 Å². The van der Waals surface area contributed by atoms with Gasteiger partial charge in [0.15, 0.2) is 11.6 Å². The van der Waals surface area contributed by atoms with E-state index in [1.165, 1.54) is 6.07 Å². The molecular formula is C19H25F2N3O4. The first-order chi connectivity index (χ1) is 13.2. The number of benzene rings is 1. The summed E-state index contributed by atoms with van der Waals surface area (Å²) in [6, 6.07) is 2.25. The van der Waals surface area contributed by atoms with Crippen molar-refractivity contribution in [3.63, 3.8) is 0 Å². The number of carboxylic acid groups (broad SMARTS) is 1. The highest BCUT2D eigenvalue weighted by Crippen LogP contribution is 2.23. The molecule has 1 atom stereocenters. The van der Waals surface area contributed by atoms with Crippen LogP contribution >= 0.6 is 0 Å². The second-order valence-electron chi connectivity index (χ2n) is 7.19. The third-order valence-electron chi connectivity index (χ3n) is 4.92. The summed E-state index contributed by atoms with van der Waals surface area (Å²) in [7, 11) is 0. The van der Waals surface area contributed by atoms with E-state index in [2.05, 4.69) is 10.6 Å². The number of aliphatic carboxylic acids is 1. The lowest BCUT2D eigenvalue weighted by molar-refractivity contribution is -0.147. The Hall–Kier alpha value is -2.71. The lowest BCUT2D eigenvalue weighted by atomic mass is 9.91. The van der Waals surface area contributed by atoms with Crippen molar-refractivity contribution in [2.75, 3.05) is 18.4 Å². The number of carboxylic acids is 1. The van der Waals surface area contributed by atoms with Gasteiger partial charge in [-0.15, -0.1) is 0 Å². The van der Waals surface area contributed by atoms with E-state index in [1.807, 2.05) is 6.92 Å². The largest absolute Gasteiger partial charge is 0.481 e. The number of nitrogens with one attached hydrogen (secondary N) is 2. The molecule has 1 aromatic carbocycles. The number of halogens is 2. The molecular weight excluding hydrogens is 372 g/mol. The van der Waals surface area contributed by atoms with Gasteiger partial charge in [-0.05, 0) is 38.3 Å². The molecule has 2 rings (SSSR count). The molecule has 3 N–H and O–H groups in total. The van der Waals surface area contributed by atoms with Crippen molar-refractivity contribution >= 4 is 23.6 Å². The Morgan fingerprint density at radius 3 is 2.39 bits per heavy atom.